The standard InChI is InChI=1S/C27H22BrNO4S/c1-20-12-15-23(16-13-20)29(34(31,32)24-10-6-3-7-11-24)27(30)19-33-26-17-14-22(18-25(26)28)21-8-4-2-5-9-21/h2-18H,19H2,1H3. The number of sulfonamides is 1. The summed E-state index contributed by atoms with van der Waals surface area (Å²) in [5.74, 6) is -0.263. The Morgan fingerprint density at radius 3 is 2.06 bits per heavy atom. The van der Waals surface area contributed by atoms with Crippen LogP contribution in [0.3, 0.4) is 0 Å². The van der Waals surface area contributed by atoms with E-state index in [-0.39, 0.29) is 10.6 Å². The normalized spacial score (nSPS) is 11.1. The summed E-state index contributed by atoms with van der Waals surface area (Å²) in [6.45, 7) is 1.44. The minimum Gasteiger partial charge on any atom is -0.483 e. The van der Waals surface area contributed by atoms with E-state index in [1.54, 1.807) is 48.5 Å². The van der Waals surface area contributed by atoms with Crippen LogP contribution in [-0.2, 0) is 14.8 Å². The molecule has 4 aromatic carbocycles. The third-order valence-corrected chi connectivity index (χ3v) is 7.55. The van der Waals surface area contributed by atoms with E-state index in [1.165, 1.54) is 12.1 Å². The van der Waals surface area contributed by atoms with Gasteiger partial charge in [-0.15, -0.1) is 0 Å². The molecular formula is C27H22BrNO4S. The first-order valence-electron chi connectivity index (χ1n) is 10.5. The average Bonchev–Trinajstić information content (AvgIpc) is 2.85. The molecule has 0 aliphatic heterocycles. The SMILES string of the molecule is Cc1ccc(N(C(=O)COc2ccc(-c3ccccc3)cc2Br)S(=O)(=O)c2ccccc2)cc1. The maximum atomic E-state index is 13.4. The predicted octanol–water partition coefficient (Wildman–Crippen LogP) is 6.23. The van der Waals surface area contributed by atoms with Crippen molar-refractivity contribution in [3.63, 3.8) is 0 Å². The molecule has 0 N–H and O–H groups in total. The van der Waals surface area contributed by atoms with E-state index in [0.717, 1.165) is 21.0 Å². The van der Waals surface area contributed by atoms with Gasteiger partial charge in [-0.05, 0) is 70.4 Å². The van der Waals surface area contributed by atoms with E-state index < -0.39 is 22.5 Å². The summed E-state index contributed by atoms with van der Waals surface area (Å²) in [4.78, 5) is 13.3. The van der Waals surface area contributed by atoms with Gasteiger partial charge in [-0.2, -0.15) is 4.31 Å². The van der Waals surface area contributed by atoms with E-state index in [2.05, 4.69) is 15.9 Å². The van der Waals surface area contributed by atoms with Gasteiger partial charge in [0.2, 0.25) is 0 Å². The summed E-state index contributed by atoms with van der Waals surface area (Å²) in [5, 5.41) is 0. The zero-order valence-corrected chi connectivity index (χ0v) is 20.8. The zero-order valence-electron chi connectivity index (χ0n) is 18.4. The third-order valence-electron chi connectivity index (χ3n) is 5.17. The highest BCUT2D eigenvalue weighted by molar-refractivity contribution is 9.10. The molecule has 0 bridgehead atoms. The van der Waals surface area contributed by atoms with Crippen molar-refractivity contribution < 1.29 is 17.9 Å². The van der Waals surface area contributed by atoms with Crippen molar-refractivity contribution in [1.82, 2.24) is 0 Å². The highest BCUT2D eigenvalue weighted by Crippen LogP contribution is 2.31. The Kier molecular flexibility index (Phi) is 7.14. The first kappa shape index (κ1) is 23.7. The molecule has 0 aromatic heterocycles. The topological polar surface area (TPSA) is 63.7 Å². The number of benzene rings is 4. The highest BCUT2D eigenvalue weighted by atomic mass is 79.9. The number of hydrogen-bond donors (Lipinski definition) is 0. The van der Waals surface area contributed by atoms with Gasteiger partial charge >= 0.3 is 0 Å². The lowest BCUT2D eigenvalue weighted by Crippen LogP contribution is -2.40. The van der Waals surface area contributed by atoms with E-state index >= 15 is 0 Å². The third kappa shape index (κ3) is 5.21. The molecule has 0 fully saturated rings. The quantitative estimate of drug-likeness (QED) is 0.281. The number of carbonyl (C=O) groups excluding carboxylic acids is 1. The molecule has 0 heterocycles. The van der Waals surface area contributed by atoms with Crippen LogP contribution in [0.15, 0.2) is 112 Å². The summed E-state index contributed by atoms with van der Waals surface area (Å²) in [6, 6.07) is 30.0. The molecular weight excluding hydrogens is 514 g/mol. The van der Waals surface area contributed by atoms with Crippen LogP contribution in [0.1, 0.15) is 5.56 Å². The van der Waals surface area contributed by atoms with Gasteiger partial charge < -0.3 is 4.74 Å². The minimum atomic E-state index is -4.13. The summed E-state index contributed by atoms with van der Waals surface area (Å²) in [7, 11) is -4.13. The predicted molar refractivity (Wildman–Crippen MR) is 137 cm³/mol. The summed E-state index contributed by atoms with van der Waals surface area (Å²) in [5.41, 5.74) is 3.23. The van der Waals surface area contributed by atoms with Crippen molar-refractivity contribution in [3.8, 4) is 16.9 Å². The molecule has 0 spiro atoms. The Balaban J connectivity index is 1.60. The fourth-order valence-corrected chi connectivity index (χ4v) is 5.35. The number of aryl methyl sites for hydroxylation is 1. The number of rotatable bonds is 7. The first-order chi connectivity index (χ1) is 16.4. The van der Waals surface area contributed by atoms with Crippen molar-refractivity contribution in [2.75, 3.05) is 10.9 Å². The lowest BCUT2D eigenvalue weighted by Gasteiger charge is -2.23. The zero-order chi connectivity index (χ0) is 24.1. The molecule has 172 valence electrons. The monoisotopic (exact) mass is 535 g/mol. The second kappa shape index (κ2) is 10.2. The van der Waals surface area contributed by atoms with Crippen molar-refractivity contribution in [2.45, 2.75) is 11.8 Å². The number of halogens is 1. The van der Waals surface area contributed by atoms with E-state index in [1.807, 2.05) is 49.4 Å². The average molecular weight is 536 g/mol. The minimum absolute atomic E-state index is 0.0253. The van der Waals surface area contributed by atoms with Crippen LogP contribution in [0, 0.1) is 6.92 Å². The van der Waals surface area contributed by atoms with Crippen molar-refractivity contribution in [3.05, 3.63) is 113 Å². The maximum absolute atomic E-state index is 13.4. The largest absolute Gasteiger partial charge is 0.483 e. The van der Waals surface area contributed by atoms with Gasteiger partial charge in [-0.3, -0.25) is 4.79 Å². The van der Waals surface area contributed by atoms with Crippen molar-refractivity contribution in [1.29, 1.82) is 0 Å². The first-order valence-corrected chi connectivity index (χ1v) is 12.8. The van der Waals surface area contributed by atoms with Gasteiger partial charge in [-0.1, -0.05) is 72.3 Å². The molecule has 0 aliphatic rings. The second-order valence-electron chi connectivity index (χ2n) is 7.61. The van der Waals surface area contributed by atoms with Crippen LogP contribution in [0.5, 0.6) is 5.75 Å². The number of anilines is 1. The summed E-state index contributed by atoms with van der Waals surface area (Å²) >= 11 is 3.49. The van der Waals surface area contributed by atoms with E-state index in [0.29, 0.717) is 10.2 Å². The molecule has 0 radical (unpaired) electrons. The van der Waals surface area contributed by atoms with E-state index in [9.17, 15) is 13.2 Å². The Morgan fingerprint density at radius 2 is 1.44 bits per heavy atom. The van der Waals surface area contributed by atoms with Gasteiger partial charge in [0.1, 0.15) is 5.75 Å². The Hall–Kier alpha value is -3.42. The molecule has 0 unspecified atom stereocenters. The van der Waals surface area contributed by atoms with Gasteiger partial charge in [0, 0.05) is 0 Å². The fraction of sp³-hybridized carbons (Fsp3) is 0.0741. The molecule has 5 nitrogen and oxygen atoms in total. The highest BCUT2D eigenvalue weighted by Gasteiger charge is 2.31. The van der Waals surface area contributed by atoms with Crippen molar-refractivity contribution >= 4 is 37.5 Å². The van der Waals surface area contributed by atoms with Crippen LogP contribution < -0.4 is 9.04 Å². The lowest BCUT2D eigenvalue weighted by atomic mass is 10.1. The number of nitrogens with zero attached hydrogens (tertiary/aromatic N) is 1. The van der Waals surface area contributed by atoms with Crippen molar-refractivity contribution in [2.24, 2.45) is 0 Å². The molecule has 4 rings (SSSR count). The molecule has 0 aliphatic carbocycles. The Labute approximate surface area is 207 Å². The number of carbonyl (C=O) groups is 1. The summed E-state index contributed by atoms with van der Waals surface area (Å²) < 4.78 is 34.0. The molecule has 1 amide bonds. The molecule has 0 atom stereocenters. The van der Waals surface area contributed by atoms with Crippen LogP contribution in [0.2, 0.25) is 0 Å². The van der Waals surface area contributed by atoms with Crippen LogP contribution in [0.4, 0.5) is 5.69 Å². The van der Waals surface area contributed by atoms with E-state index in [4.69, 9.17) is 4.74 Å². The van der Waals surface area contributed by atoms with Gasteiger partial charge in [0.25, 0.3) is 15.9 Å². The lowest BCUT2D eigenvalue weighted by molar-refractivity contribution is -0.119. The Bertz CT molecular complexity index is 1390. The number of hydrogen-bond acceptors (Lipinski definition) is 4. The van der Waals surface area contributed by atoms with Gasteiger partial charge in [-0.25, -0.2) is 8.42 Å². The molecule has 34 heavy (non-hydrogen) atoms. The number of ether oxygens (including phenoxy) is 1. The molecule has 7 heteroatoms. The fourth-order valence-electron chi connectivity index (χ4n) is 3.42. The maximum Gasteiger partial charge on any atom is 0.278 e. The van der Waals surface area contributed by atoms with Crippen LogP contribution in [-0.4, -0.2) is 20.9 Å². The Morgan fingerprint density at radius 1 is 0.824 bits per heavy atom. The van der Waals surface area contributed by atoms with Gasteiger partial charge in [0.05, 0.1) is 15.1 Å². The number of amides is 1. The second-order valence-corrected chi connectivity index (χ2v) is 10.3. The van der Waals surface area contributed by atoms with Gasteiger partial charge in [0.15, 0.2) is 6.61 Å². The van der Waals surface area contributed by atoms with Crippen LogP contribution >= 0.6 is 15.9 Å². The smallest absolute Gasteiger partial charge is 0.278 e. The molecule has 4 aromatic rings. The summed E-state index contributed by atoms with van der Waals surface area (Å²) in [6.07, 6.45) is 0. The molecule has 0 saturated heterocycles. The van der Waals surface area contributed by atoms with Crippen LogP contribution in [0.25, 0.3) is 11.1 Å². The molecule has 0 saturated carbocycles.